The number of nitrogens with zero attached hydrogens (tertiary/aromatic N) is 2. The van der Waals surface area contributed by atoms with Crippen LogP contribution in [0.1, 0.15) is 49.0 Å². The van der Waals surface area contributed by atoms with Crippen LogP contribution in [0, 0.1) is 6.92 Å². The lowest BCUT2D eigenvalue weighted by atomic mass is 9.99. The monoisotopic (exact) mass is 294 g/mol. The number of carbonyl (C=O) groups is 1. The van der Waals surface area contributed by atoms with Crippen molar-refractivity contribution in [3.05, 3.63) is 10.6 Å². The van der Waals surface area contributed by atoms with E-state index in [0.29, 0.717) is 10.6 Å². The molecule has 3 N–H and O–H groups in total. The Balaban J connectivity index is 2.36. The Labute approximate surface area is 123 Å². The molecule has 0 spiro atoms. The molecular formula is C14H22N4OS. The molecule has 0 unspecified atom stereocenters. The van der Waals surface area contributed by atoms with Gasteiger partial charge in [0.05, 0.1) is 16.8 Å². The Morgan fingerprint density at radius 1 is 1.50 bits per heavy atom. The van der Waals surface area contributed by atoms with E-state index >= 15 is 0 Å². The minimum atomic E-state index is -0.220. The number of aryl methyl sites for hydroxylation is 2. The second-order valence-corrected chi connectivity index (χ2v) is 6.82. The second-order valence-electron chi connectivity index (χ2n) is 5.82. The number of fused-ring (bicyclic) bond motifs is 1. The third-order valence-electron chi connectivity index (χ3n) is 3.42. The average Bonchev–Trinajstić information content (AvgIpc) is 2.78. The van der Waals surface area contributed by atoms with E-state index in [0.717, 1.165) is 28.8 Å². The minimum Gasteiger partial charge on any atom is -0.397 e. The standard InChI is InChI=1S/C14H22N4OS/c1-6-7-14(3,4)16-12(19)11-10(15)9-8(2)17-18(5)13(9)20-11/h6-7,15H2,1-5H3,(H,16,19). The molecule has 0 saturated carbocycles. The number of hydrogen-bond donors (Lipinski definition) is 2. The number of carbonyl (C=O) groups excluding carboxylic acids is 1. The number of aromatic nitrogens is 2. The summed E-state index contributed by atoms with van der Waals surface area (Å²) in [6.07, 6.45) is 1.96. The van der Waals surface area contributed by atoms with Crippen molar-refractivity contribution in [1.82, 2.24) is 15.1 Å². The van der Waals surface area contributed by atoms with Gasteiger partial charge in [-0.2, -0.15) is 5.10 Å². The van der Waals surface area contributed by atoms with Gasteiger partial charge in [0.25, 0.3) is 5.91 Å². The number of hydrogen-bond acceptors (Lipinski definition) is 4. The normalized spacial score (nSPS) is 12.1. The molecule has 0 saturated heterocycles. The molecule has 6 heteroatoms. The molecule has 1 amide bonds. The van der Waals surface area contributed by atoms with E-state index in [2.05, 4.69) is 17.3 Å². The van der Waals surface area contributed by atoms with Crippen LogP contribution >= 0.6 is 11.3 Å². The van der Waals surface area contributed by atoms with E-state index in [1.807, 2.05) is 27.8 Å². The Bertz CT molecular complexity index is 654. The van der Waals surface area contributed by atoms with E-state index in [4.69, 9.17) is 5.73 Å². The van der Waals surface area contributed by atoms with Gasteiger partial charge in [-0.05, 0) is 27.2 Å². The first kappa shape index (κ1) is 14.8. The summed E-state index contributed by atoms with van der Waals surface area (Å²) in [5, 5.41) is 8.30. The molecule has 0 aromatic carbocycles. The molecule has 0 atom stereocenters. The largest absolute Gasteiger partial charge is 0.397 e. The van der Waals surface area contributed by atoms with Crippen molar-refractivity contribution in [2.75, 3.05) is 5.73 Å². The number of anilines is 1. The van der Waals surface area contributed by atoms with Crippen LogP contribution in [0.25, 0.3) is 10.2 Å². The molecule has 2 heterocycles. The highest BCUT2D eigenvalue weighted by atomic mass is 32.1. The minimum absolute atomic E-state index is 0.0958. The maximum absolute atomic E-state index is 12.4. The predicted octanol–water partition coefficient (Wildman–Crippen LogP) is 2.83. The van der Waals surface area contributed by atoms with Crippen LogP contribution < -0.4 is 11.1 Å². The molecule has 5 nitrogen and oxygen atoms in total. The summed E-state index contributed by atoms with van der Waals surface area (Å²) in [5.74, 6) is -0.0958. The fourth-order valence-electron chi connectivity index (χ4n) is 2.55. The van der Waals surface area contributed by atoms with Crippen molar-refractivity contribution in [1.29, 1.82) is 0 Å². The third-order valence-corrected chi connectivity index (χ3v) is 4.69. The van der Waals surface area contributed by atoms with Gasteiger partial charge >= 0.3 is 0 Å². The summed E-state index contributed by atoms with van der Waals surface area (Å²) in [6.45, 7) is 8.08. The lowest BCUT2D eigenvalue weighted by molar-refractivity contribution is 0.0914. The van der Waals surface area contributed by atoms with Gasteiger partial charge in [0, 0.05) is 12.6 Å². The van der Waals surface area contributed by atoms with E-state index in [-0.39, 0.29) is 11.4 Å². The second kappa shape index (κ2) is 5.09. The Kier molecular flexibility index (Phi) is 3.77. The fourth-order valence-corrected chi connectivity index (χ4v) is 3.63. The predicted molar refractivity (Wildman–Crippen MR) is 84.2 cm³/mol. The number of nitrogen functional groups attached to an aromatic ring is 1. The zero-order valence-electron chi connectivity index (χ0n) is 12.7. The van der Waals surface area contributed by atoms with Gasteiger partial charge < -0.3 is 11.1 Å². The van der Waals surface area contributed by atoms with Crippen molar-refractivity contribution in [3.8, 4) is 0 Å². The molecule has 0 fully saturated rings. The van der Waals surface area contributed by atoms with Gasteiger partial charge in [-0.15, -0.1) is 11.3 Å². The molecule has 0 bridgehead atoms. The zero-order chi connectivity index (χ0) is 15.1. The highest BCUT2D eigenvalue weighted by molar-refractivity contribution is 7.21. The molecule has 2 rings (SSSR count). The van der Waals surface area contributed by atoms with Crippen LogP contribution in [-0.2, 0) is 7.05 Å². The quantitative estimate of drug-likeness (QED) is 0.910. The number of rotatable bonds is 4. The van der Waals surface area contributed by atoms with Crippen molar-refractivity contribution < 1.29 is 4.79 Å². The van der Waals surface area contributed by atoms with E-state index in [1.165, 1.54) is 11.3 Å². The number of nitrogens with two attached hydrogens (primary N) is 1. The Morgan fingerprint density at radius 2 is 2.15 bits per heavy atom. The first-order valence-electron chi connectivity index (χ1n) is 6.81. The molecule has 110 valence electrons. The van der Waals surface area contributed by atoms with Crippen LogP contribution in [0.15, 0.2) is 0 Å². The van der Waals surface area contributed by atoms with E-state index in [1.54, 1.807) is 4.68 Å². The maximum Gasteiger partial charge on any atom is 0.263 e. The topological polar surface area (TPSA) is 72.9 Å². The van der Waals surface area contributed by atoms with Gasteiger partial charge in [-0.25, -0.2) is 0 Å². The Hall–Kier alpha value is -1.56. The summed E-state index contributed by atoms with van der Waals surface area (Å²) in [5.41, 5.74) is 7.33. The summed E-state index contributed by atoms with van der Waals surface area (Å²) in [6, 6.07) is 0. The van der Waals surface area contributed by atoms with Crippen molar-refractivity contribution in [3.63, 3.8) is 0 Å². The lowest BCUT2D eigenvalue weighted by Crippen LogP contribution is -2.43. The van der Waals surface area contributed by atoms with Crippen molar-refractivity contribution in [2.24, 2.45) is 7.05 Å². The van der Waals surface area contributed by atoms with Gasteiger partial charge in [0.1, 0.15) is 9.71 Å². The maximum atomic E-state index is 12.4. The molecule has 20 heavy (non-hydrogen) atoms. The van der Waals surface area contributed by atoms with Crippen LogP contribution in [-0.4, -0.2) is 21.2 Å². The first-order valence-corrected chi connectivity index (χ1v) is 7.62. The highest BCUT2D eigenvalue weighted by Gasteiger charge is 2.25. The van der Waals surface area contributed by atoms with Crippen molar-refractivity contribution >= 4 is 33.1 Å². The Morgan fingerprint density at radius 3 is 2.70 bits per heavy atom. The zero-order valence-corrected chi connectivity index (χ0v) is 13.5. The summed E-state index contributed by atoms with van der Waals surface area (Å²) in [7, 11) is 1.87. The molecule has 0 aliphatic carbocycles. The van der Waals surface area contributed by atoms with Crippen molar-refractivity contribution in [2.45, 2.75) is 46.1 Å². The first-order chi connectivity index (χ1) is 9.26. The third kappa shape index (κ3) is 2.52. The van der Waals surface area contributed by atoms with Gasteiger partial charge in [-0.3, -0.25) is 9.48 Å². The average molecular weight is 294 g/mol. The number of nitrogens with one attached hydrogen (secondary N) is 1. The summed E-state index contributed by atoms with van der Waals surface area (Å²) >= 11 is 1.40. The summed E-state index contributed by atoms with van der Waals surface area (Å²) in [4.78, 5) is 14.0. The van der Waals surface area contributed by atoms with Gasteiger partial charge in [0.15, 0.2) is 0 Å². The van der Waals surface area contributed by atoms with Crippen LogP contribution in [0.5, 0.6) is 0 Å². The van der Waals surface area contributed by atoms with Crippen LogP contribution in [0.3, 0.4) is 0 Å². The molecular weight excluding hydrogens is 272 g/mol. The molecule has 0 aliphatic heterocycles. The molecule has 2 aromatic rings. The number of thiophene rings is 1. The SMILES string of the molecule is CCCC(C)(C)NC(=O)c1sc2c(c(C)nn2C)c1N. The molecule has 2 aromatic heterocycles. The molecule has 0 radical (unpaired) electrons. The summed E-state index contributed by atoms with van der Waals surface area (Å²) < 4.78 is 1.78. The van der Waals surface area contributed by atoms with Crippen LogP contribution in [0.2, 0.25) is 0 Å². The number of amides is 1. The smallest absolute Gasteiger partial charge is 0.263 e. The lowest BCUT2D eigenvalue weighted by Gasteiger charge is -2.25. The van der Waals surface area contributed by atoms with E-state index in [9.17, 15) is 4.79 Å². The fraction of sp³-hybridized carbons (Fsp3) is 0.571. The van der Waals surface area contributed by atoms with Gasteiger partial charge in [0.2, 0.25) is 0 Å². The van der Waals surface area contributed by atoms with E-state index < -0.39 is 0 Å². The highest BCUT2D eigenvalue weighted by Crippen LogP contribution is 2.35. The van der Waals surface area contributed by atoms with Gasteiger partial charge in [-0.1, -0.05) is 13.3 Å². The van der Waals surface area contributed by atoms with Crippen LogP contribution in [0.4, 0.5) is 5.69 Å². The molecule has 0 aliphatic rings.